The molecule has 1 rings (SSSR count). The third-order valence-corrected chi connectivity index (χ3v) is 0.557. The van der Waals surface area contributed by atoms with Crippen molar-refractivity contribution in [1.29, 1.82) is 0 Å². The van der Waals surface area contributed by atoms with E-state index >= 15 is 0 Å². The number of urea groups is 1. The Balaban J connectivity index is 0. The fourth-order valence-electron chi connectivity index (χ4n) is 0.303. The molecule has 0 aromatic heterocycles. The van der Waals surface area contributed by atoms with Crippen LogP contribution in [0, 0.1) is 0 Å². The molecule has 1 atom stereocenters. The summed E-state index contributed by atoms with van der Waals surface area (Å²) in [5, 5.41) is 0. The fourth-order valence-corrected chi connectivity index (χ4v) is 0.303. The maximum Gasteiger partial charge on any atom is 0.338 e. The summed E-state index contributed by atoms with van der Waals surface area (Å²) >= 11 is 0. The SMILES string of the molecule is NC(N)=O.O=C1C=CC(=O)O1.P. The normalized spacial score (nSPS) is 12.3. The Kier molecular flexibility index (Phi) is 6.93. The van der Waals surface area contributed by atoms with Crippen LogP contribution in [0.25, 0.3) is 0 Å². The van der Waals surface area contributed by atoms with Crippen LogP contribution in [-0.4, -0.2) is 18.0 Å². The lowest BCUT2D eigenvalue weighted by Crippen LogP contribution is -2.18. The standard InChI is InChI=1S/C4H2O3.CH4N2O.H3P/c5-3-1-2-4(6)7-3;2-1(3)4;/h1-2H;(H4,2,3,4);1H3. The summed E-state index contributed by atoms with van der Waals surface area (Å²) in [7, 11) is 0. The fraction of sp³-hybridized carbons (Fsp3) is 0. The first-order valence-electron chi connectivity index (χ1n) is 2.51. The van der Waals surface area contributed by atoms with Gasteiger partial charge in [-0.25, -0.2) is 14.4 Å². The first kappa shape index (κ1) is 13.2. The summed E-state index contributed by atoms with van der Waals surface area (Å²) < 4.78 is 3.97. The van der Waals surface area contributed by atoms with Crippen LogP contribution in [0.15, 0.2) is 12.2 Å². The number of hydrogen-bond acceptors (Lipinski definition) is 4. The summed E-state index contributed by atoms with van der Waals surface area (Å²) in [5.41, 5.74) is 8.50. The number of esters is 2. The van der Waals surface area contributed by atoms with Crippen molar-refractivity contribution in [1.82, 2.24) is 0 Å². The Morgan fingerprint density at radius 3 is 1.50 bits per heavy atom. The molecule has 68 valence electrons. The van der Waals surface area contributed by atoms with Gasteiger partial charge in [0.05, 0.1) is 0 Å². The van der Waals surface area contributed by atoms with Crippen LogP contribution in [0.5, 0.6) is 0 Å². The van der Waals surface area contributed by atoms with E-state index in [1.807, 2.05) is 0 Å². The first-order valence-corrected chi connectivity index (χ1v) is 2.51. The molecule has 6 nitrogen and oxygen atoms in total. The van der Waals surface area contributed by atoms with Gasteiger partial charge in [0.2, 0.25) is 0 Å². The lowest BCUT2D eigenvalue weighted by molar-refractivity contribution is -0.150. The van der Waals surface area contributed by atoms with E-state index in [4.69, 9.17) is 4.79 Å². The van der Waals surface area contributed by atoms with E-state index in [0.717, 1.165) is 12.2 Å². The number of rotatable bonds is 0. The van der Waals surface area contributed by atoms with Crippen molar-refractivity contribution in [3.63, 3.8) is 0 Å². The van der Waals surface area contributed by atoms with E-state index < -0.39 is 18.0 Å². The molecule has 0 spiro atoms. The van der Waals surface area contributed by atoms with Gasteiger partial charge in [-0.2, -0.15) is 9.90 Å². The zero-order chi connectivity index (χ0) is 8.85. The van der Waals surface area contributed by atoms with Crippen LogP contribution >= 0.6 is 9.90 Å². The smallest absolute Gasteiger partial charge is 0.338 e. The van der Waals surface area contributed by atoms with Gasteiger partial charge in [-0.05, 0) is 0 Å². The van der Waals surface area contributed by atoms with Gasteiger partial charge in [-0.3, -0.25) is 0 Å². The van der Waals surface area contributed by atoms with Crippen molar-refractivity contribution < 1.29 is 19.1 Å². The van der Waals surface area contributed by atoms with E-state index in [1.165, 1.54) is 0 Å². The molecule has 0 saturated carbocycles. The van der Waals surface area contributed by atoms with Gasteiger partial charge >= 0.3 is 18.0 Å². The van der Waals surface area contributed by atoms with Gasteiger partial charge in [-0.1, -0.05) is 0 Å². The lowest BCUT2D eigenvalue weighted by Gasteiger charge is -1.80. The second kappa shape index (κ2) is 6.30. The summed E-state index contributed by atoms with van der Waals surface area (Å²) in [6.07, 6.45) is 2.17. The molecule has 0 aromatic carbocycles. The van der Waals surface area contributed by atoms with Crippen LogP contribution in [-0.2, 0) is 14.3 Å². The van der Waals surface area contributed by atoms with Gasteiger partial charge in [-0.15, -0.1) is 0 Å². The van der Waals surface area contributed by atoms with E-state index in [-0.39, 0.29) is 9.90 Å². The van der Waals surface area contributed by atoms with Crippen molar-refractivity contribution in [3.8, 4) is 0 Å². The van der Waals surface area contributed by atoms with Crippen molar-refractivity contribution in [2.24, 2.45) is 11.5 Å². The summed E-state index contributed by atoms with van der Waals surface area (Å²) in [5.74, 6) is -1.16. The number of ether oxygens (including phenoxy) is 1. The third-order valence-electron chi connectivity index (χ3n) is 0.557. The Bertz CT molecular complexity index is 205. The van der Waals surface area contributed by atoms with Gasteiger partial charge < -0.3 is 16.2 Å². The minimum atomic E-state index is -0.833. The number of carbonyl (C=O) groups excluding carboxylic acids is 3. The van der Waals surface area contributed by atoms with E-state index in [0.29, 0.717) is 0 Å². The molecule has 1 aliphatic heterocycles. The van der Waals surface area contributed by atoms with Crippen LogP contribution in [0.3, 0.4) is 0 Å². The number of carbonyl (C=O) groups is 3. The van der Waals surface area contributed by atoms with Gasteiger partial charge in [0.15, 0.2) is 0 Å². The quantitative estimate of drug-likeness (QED) is 0.282. The molecule has 2 amide bonds. The van der Waals surface area contributed by atoms with Crippen molar-refractivity contribution in [2.45, 2.75) is 0 Å². The Hall–Kier alpha value is -1.42. The van der Waals surface area contributed by atoms with Crippen LogP contribution < -0.4 is 11.5 Å². The Morgan fingerprint density at radius 1 is 1.17 bits per heavy atom. The average Bonchev–Trinajstić information content (AvgIpc) is 2.13. The molecule has 12 heavy (non-hydrogen) atoms. The van der Waals surface area contributed by atoms with Crippen molar-refractivity contribution >= 4 is 27.9 Å². The second-order valence-corrected chi connectivity index (χ2v) is 1.48. The minimum Gasteiger partial charge on any atom is -0.387 e. The number of amides is 2. The number of primary amides is 2. The number of cyclic esters (lactones) is 2. The molecule has 0 radical (unpaired) electrons. The molecule has 0 aliphatic carbocycles. The average molecular weight is 192 g/mol. The molecule has 0 bridgehead atoms. The molecular weight excluding hydrogens is 183 g/mol. The molecule has 0 saturated heterocycles. The third kappa shape index (κ3) is 8.58. The van der Waals surface area contributed by atoms with Gasteiger partial charge in [0.25, 0.3) is 0 Å². The molecule has 1 aliphatic rings. The summed E-state index contributed by atoms with van der Waals surface area (Å²) in [6, 6.07) is -0.833. The van der Waals surface area contributed by atoms with Gasteiger partial charge in [0.1, 0.15) is 0 Å². The monoisotopic (exact) mass is 192 g/mol. The summed E-state index contributed by atoms with van der Waals surface area (Å²) in [4.78, 5) is 28.8. The molecule has 1 unspecified atom stereocenters. The van der Waals surface area contributed by atoms with Crippen LogP contribution in [0.4, 0.5) is 4.79 Å². The van der Waals surface area contributed by atoms with Gasteiger partial charge in [0, 0.05) is 12.2 Å². The summed E-state index contributed by atoms with van der Waals surface area (Å²) in [6.45, 7) is 0. The maximum atomic E-state index is 9.92. The van der Waals surface area contributed by atoms with Crippen LogP contribution in [0.1, 0.15) is 0 Å². The van der Waals surface area contributed by atoms with Crippen LogP contribution in [0.2, 0.25) is 0 Å². The highest BCUT2D eigenvalue weighted by Gasteiger charge is 2.10. The topological polar surface area (TPSA) is 112 Å². The molecule has 1 heterocycles. The number of nitrogens with two attached hydrogens (primary N) is 2. The lowest BCUT2D eigenvalue weighted by atomic mass is 10.6. The second-order valence-electron chi connectivity index (χ2n) is 1.48. The Morgan fingerprint density at radius 2 is 1.42 bits per heavy atom. The predicted octanol–water partition coefficient (Wildman–Crippen LogP) is -1.29. The molecule has 0 fully saturated rings. The largest absolute Gasteiger partial charge is 0.387 e. The molecule has 0 aromatic rings. The zero-order valence-electron chi connectivity index (χ0n) is 6.15. The molecule has 7 heteroatoms. The zero-order valence-corrected chi connectivity index (χ0v) is 7.56. The Labute approximate surface area is 71.5 Å². The van der Waals surface area contributed by atoms with E-state index in [2.05, 4.69) is 16.2 Å². The highest BCUT2D eigenvalue weighted by atomic mass is 31.0. The highest BCUT2D eigenvalue weighted by Crippen LogP contribution is 1.92. The minimum absolute atomic E-state index is 0. The molecule has 4 N–H and O–H groups in total. The van der Waals surface area contributed by atoms with Crippen molar-refractivity contribution in [2.75, 3.05) is 0 Å². The number of hydrogen-bond donors (Lipinski definition) is 2. The predicted molar refractivity (Wildman–Crippen MR) is 45.1 cm³/mol. The molecular formula is C5H9N2O4P. The highest BCUT2D eigenvalue weighted by molar-refractivity contribution is 6.92. The van der Waals surface area contributed by atoms with Crippen molar-refractivity contribution in [3.05, 3.63) is 12.2 Å². The van der Waals surface area contributed by atoms with E-state index in [1.54, 1.807) is 0 Å². The first-order chi connectivity index (χ1) is 5.02. The maximum absolute atomic E-state index is 9.92. The van der Waals surface area contributed by atoms with E-state index in [9.17, 15) is 9.59 Å².